The molecule has 1 amide bonds. The van der Waals surface area contributed by atoms with E-state index in [1.54, 1.807) is 6.92 Å². The number of hydrogen-bond donors (Lipinski definition) is 0. The molecular formula is C19H16FN3O4. The molecule has 1 aliphatic heterocycles. The molecule has 4 rings (SSSR count). The number of aromatic nitrogens is 2. The number of rotatable bonds is 2. The lowest BCUT2D eigenvalue weighted by Crippen LogP contribution is -2.48. The Kier molecular flexibility index (Phi) is 3.53. The third-order valence-electron chi connectivity index (χ3n) is 5.01. The molecule has 2 heterocycles. The van der Waals surface area contributed by atoms with E-state index < -0.39 is 22.7 Å². The molecule has 0 radical (unpaired) electrons. The van der Waals surface area contributed by atoms with Gasteiger partial charge in [-0.05, 0) is 13.0 Å². The van der Waals surface area contributed by atoms with E-state index in [1.807, 2.05) is 0 Å². The van der Waals surface area contributed by atoms with Gasteiger partial charge in [0, 0.05) is 37.7 Å². The van der Waals surface area contributed by atoms with E-state index >= 15 is 0 Å². The summed E-state index contributed by atoms with van der Waals surface area (Å²) in [6, 6.07) is 3.58. The Balaban J connectivity index is 1.96. The van der Waals surface area contributed by atoms with Crippen LogP contribution in [0.4, 0.5) is 10.1 Å². The maximum absolute atomic E-state index is 14.8. The van der Waals surface area contributed by atoms with E-state index in [2.05, 4.69) is 5.92 Å². The molecule has 2 aliphatic rings. The van der Waals surface area contributed by atoms with Crippen molar-refractivity contribution in [2.45, 2.75) is 25.4 Å². The summed E-state index contributed by atoms with van der Waals surface area (Å²) in [5, 5.41) is 0. The number of halogens is 1. The minimum Gasteiger partial charge on any atom is -0.475 e. The largest absolute Gasteiger partial charge is 0.475 e. The van der Waals surface area contributed by atoms with Crippen molar-refractivity contribution in [3.63, 3.8) is 0 Å². The predicted molar refractivity (Wildman–Crippen MR) is 95.8 cm³/mol. The van der Waals surface area contributed by atoms with Gasteiger partial charge in [-0.25, -0.2) is 13.8 Å². The van der Waals surface area contributed by atoms with E-state index in [9.17, 15) is 18.8 Å². The molecule has 1 aromatic heterocycles. The Bertz CT molecular complexity index is 1150. The maximum atomic E-state index is 14.8. The normalized spacial score (nSPS) is 16.7. The molecule has 1 saturated carbocycles. The van der Waals surface area contributed by atoms with Gasteiger partial charge in [0.1, 0.15) is 5.75 Å². The van der Waals surface area contributed by atoms with Crippen LogP contribution < -0.4 is 20.9 Å². The van der Waals surface area contributed by atoms with Crippen LogP contribution in [0.25, 0.3) is 5.69 Å². The fourth-order valence-corrected chi connectivity index (χ4v) is 3.24. The SMILES string of the molecule is C#CCN1C(=O)C2(CC2)Oc2cc(F)c(-n3c(=O)cc(C)n(C)c3=O)cc21. The minimum absolute atomic E-state index is 0.0250. The number of nitrogens with zero attached hydrogens (tertiary/aromatic N) is 3. The van der Waals surface area contributed by atoms with Gasteiger partial charge in [0.25, 0.3) is 11.5 Å². The van der Waals surface area contributed by atoms with Crippen LogP contribution in [-0.4, -0.2) is 27.2 Å². The van der Waals surface area contributed by atoms with Gasteiger partial charge in [0.05, 0.1) is 17.9 Å². The lowest BCUT2D eigenvalue weighted by molar-refractivity contribution is -0.128. The van der Waals surface area contributed by atoms with Crippen LogP contribution in [0.15, 0.2) is 27.8 Å². The molecule has 0 saturated heterocycles. The first-order valence-corrected chi connectivity index (χ1v) is 8.37. The van der Waals surface area contributed by atoms with E-state index in [0.717, 1.165) is 10.6 Å². The fourth-order valence-electron chi connectivity index (χ4n) is 3.24. The number of terminal acetylenes is 1. The highest BCUT2D eigenvalue weighted by Gasteiger charge is 2.58. The average molecular weight is 369 g/mol. The summed E-state index contributed by atoms with van der Waals surface area (Å²) in [5.74, 6) is 1.48. The van der Waals surface area contributed by atoms with Crippen LogP contribution in [0.1, 0.15) is 18.5 Å². The Morgan fingerprint density at radius 3 is 2.56 bits per heavy atom. The lowest BCUT2D eigenvalue weighted by atomic mass is 10.1. The number of amides is 1. The van der Waals surface area contributed by atoms with E-state index in [-0.39, 0.29) is 29.6 Å². The molecule has 1 aromatic carbocycles. The topological polar surface area (TPSA) is 73.5 Å². The number of ether oxygens (including phenoxy) is 1. The first-order valence-electron chi connectivity index (χ1n) is 8.37. The Morgan fingerprint density at radius 1 is 1.22 bits per heavy atom. The highest BCUT2D eigenvalue weighted by molar-refractivity contribution is 6.05. The first-order chi connectivity index (χ1) is 12.8. The zero-order valence-electron chi connectivity index (χ0n) is 14.8. The van der Waals surface area contributed by atoms with Crippen molar-refractivity contribution < 1.29 is 13.9 Å². The van der Waals surface area contributed by atoms with Gasteiger partial charge in [0.15, 0.2) is 11.4 Å². The van der Waals surface area contributed by atoms with Crippen LogP contribution in [-0.2, 0) is 11.8 Å². The lowest BCUT2D eigenvalue weighted by Gasteiger charge is -2.34. The number of carbonyl (C=O) groups is 1. The summed E-state index contributed by atoms with van der Waals surface area (Å²) in [6.07, 6.45) is 6.45. The summed E-state index contributed by atoms with van der Waals surface area (Å²) in [7, 11) is 1.48. The molecule has 1 aliphatic carbocycles. The Morgan fingerprint density at radius 2 is 1.93 bits per heavy atom. The molecule has 27 heavy (non-hydrogen) atoms. The summed E-state index contributed by atoms with van der Waals surface area (Å²) in [5.41, 5.74) is -1.91. The van der Waals surface area contributed by atoms with Gasteiger partial charge in [0.2, 0.25) is 0 Å². The Labute approximate surface area is 153 Å². The number of hydrogen-bond acceptors (Lipinski definition) is 4. The number of aryl methyl sites for hydroxylation is 1. The third kappa shape index (κ3) is 2.39. The van der Waals surface area contributed by atoms with E-state index in [0.29, 0.717) is 18.5 Å². The summed E-state index contributed by atoms with van der Waals surface area (Å²) in [6.45, 7) is 1.58. The van der Waals surface area contributed by atoms with Crippen LogP contribution in [0.2, 0.25) is 0 Å². The van der Waals surface area contributed by atoms with Crippen molar-refractivity contribution in [2.75, 3.05) is 11.4 Å². The molecule has 0 N–H and O–H groups in total. The van der Waals surface area contributed by atoms with Crippen molar-refractivity contribution in [3.8, 4) is 23.8 Å². The smallest absolute Gasteiger partial charge is 0.335 e. The second-order valence-electron chi connectivity index (χ2n) is 6.76. The predicted octanol–water partition coefficient (Wildman–Crippen LogP) is 0.875. The van der Waals surface area contributed by atoms with Gasteiger partial charge >= 0.3 is 5.69 Å². The number of fused-ring (bicyclic) bond motifs is 1. The third-order valence-corrected chi connectivity index (χ3v) is 5.01. The first kappa shape index (κ1) is 17.1. The molecule has 8 heteroatoms. The van der Waals surface area contributed by atoms with Crippen molar-refractivity contribution in [3.05, 3.63) is 50.5 Å². The van der Waals surface area contributed by atoms with Gasteiger partial charge in [-0.3, -0.25) is 14.5 Å². The van der Waals surface area contributed by atoms with Gasteiger partial charge < -0.3 is 9.30 Å². The second kappa shape index (κ2) is 5.58. The minimum atomic E-state index is -0.978. The van der Waals surface area contributed by atoms with Crippen LogP contribution in [0.5, 0.6) is 5.75 Å². The van der Waals surface area contributed by atoms with Crippen LogP contribution >= 0.6 is 0 Å². The highest BCUT2D eigenvalue weighted by Crippen LogP contribution is 2.49. The molecule has 0 atom stereocenters. The molecule has 0 unspecified atom stereocenters. The quantitative estimate of drug-likeness (QED) is 0.737. The van der Waals surface area contributed by atoms with Crippen molar-refractivity contribution in [1.82, 2.24) is 9.13 Å². The zero-order valence-corrected chi connectivity index (χ0v) is 14.8. The van der Waals surface area contributed by atoms with Crippen molar-refractivity contribution >= 4 is 11.6 Å². The molecule has 2 aromatic rings. The van der Waals surface area contributed by atoms with E-state index in [4.69, 9.17) is 11.2 Å². The van der Waals surface area contributed by atoms with Crippen molar-refractivity contribution in [2.24, 2.45) is 7.05 Å². The average Bonchev–Trinajstić information content (AvgIpc) is 3.38. The van der Waals surface area contributed by atoms with Crippen LogP contribution in [0, 0.1) is 25.1 Å². The molecular weight excluding hydrogens is 353 g/mol. The summed E-state index contributed by atoms with van der Waals surface area (Å²) in [4.78, 5) is 38.9. The van der Waals surface area contributed by atoms with Crippen LogP contribution in [0.3, 0.4) is 0 Å². The summed E-state index contributed by atoms with van der Waals surface area (Å²) < 4.78 is 22.5. The molecule has 1 spiro atoms. The summed E-state index contributed by atoms with van der Waals surface area (Å²) >= 11 is 0. The maximum Gasteiger partial charge on any atom is 0.335 e. The van der Waals surface area contributed by atoms with Gasteiger partial charge in [-0.1, -0.05) is 5.92 Å². The van der Waals surface area contributed by atoms with Gasteiger partial charge in [-0.15, -0.1) is 6.42 Å². The van der Waals surface area contributed by atoms with E-state index in [1.165, 1.54) is 28.6 Å². The number of carbonyl (C=O) groups excluding carboxylic acids is 1. The highest BCUT2D eigenvalue weighted by atomic mass is 19.1. The number of benzene rings is 1. The van der Waals surface area contributed by atoms with Crippen molar-refractivity contribution in [1.29, 1.82) is 0 Å². The monoisotopic (exact) mass is 369 g/mol. The molecule has 7 nitrogen and oxygen atoms in total. The zero-order chi connectivity index (χ0) is 19.5. The second-order valence-corrected chi connectivity index (χ2v) is 6.76. The fraction of sp³-hybridized carbons (Fsp3) is 0.316. The van der Waals surface area contributed by atoms with Gasteiger partial charge in [-0.2, -0.15) is 0 Å². The standard InChI is InChI=1S/C19H16FN3O4/c1-4-7-22-14-10-13(23-16(24)8-11(2)21(3)18(23)26)12(20)9-15(14)27-19(5-6-19)17(22)25/h1,8-10H,5-7H2,2-3H3. The molecule has 138 valence electrons. The number of anilines is 1. The molecule has 1 fully saturated rings. The molecule has 0 bridgehead atoms. The Hall–Kier alpha value is -3.34.